The van der Waals surface area contributed by atoms with Gasteiger partial charge >= 0.3 is 11.9 Å². The van der Waals surface area contributed by atoms with Gasteiger partial charge in [-0.2, -0.15) is 0 Å². The highest BCUT2D eigenvalue weighted by Gasteiger charge is 2.32. The van der Waals surface area contributed by atoms with E-state index in [2.05, 4.69) is 34.6 Å². The summed E-state index contributed by atoms with van der Waals surface area (Å²) in [6.45, 7) is 8.40. The molecule has 0 aromatic heterocycles. The zero-order valence-corrected chi connectivity index (χ0v) is 26.6. The van der Waals surface area contributed by atoms with Crippen molar-refractivity contribution in [3.63, 3.8) is 0 Å². The monoisotopic (exact) mass is 567 g/mol. The number of carboxylic acid groups (broad SMARTS) is 1. The summed E-state index contributed by atoms with van der Waals surface area (Å²) in [4.78, 5) is 33.9. The number of hydrogen-bond donors (Lipinski definition) is 0. The van der Waals surface area contributed by atoms with Crippen molar-refractivity contribution in [1.29, 1.82) is 0 Å². The second-order valence-electron chi connectivity index (χ2n) is 12.5. The van der Waals surface area contributed by atoms with Gasteiger partial charge in [-0.1, -0.05) is 103 Å². The van der Waals surface area contributed by atoms with Crippen LogP contribution in [0.4, 0.5) is 0 Å². The van der Waals surface area contributed by atoms with Gasteiger partial charge in [-0.15, -0.1) is 0 Å². The normalized spacial score (nSPS) is 16.9. The smallest absolute Gasteiger partial charge is 0.333 e. The second kappa shape index (κ2) is 23.8. The molecule has 0 aliphatic heterocycles. The zero-order chi connectivity index (χ0) is 30.2. The van der Waals surface area contributed by atoms with Crippen molar-refractivity contribution in [2.24, 2.45) is 11.8 Å². The highest BCUT2D eigenvalue weighted by molar-refractivity contribution is 5.86. The largest absolute Gasteiger partial charge is 0.550 e. The summed E-state index contributed by atoms with van der Waals surface area (Å²) in [5.74, 6) is -3.77. The first-order valence-electron chi connectivity index (χ1n) is 16.0. The molecule has 0 aromatic carbocycles. The van der Waals surface area contributed by atoms with Gasteiger partial charge in [0.1, 0.15) is 13.2 Å². The maximum Gasteiger partial charge on any atom is 0.333 e. The van der Waals surface area contributed by atoms with E-state index in [1.165, 1.54) is 103 Å². The van der Waals surface area contributed by atoms with E-state index in [9.17, 15) is 19.5 Å². The molecule has 7 heteroatoms. The lowest BCUT2D eigenvalue weighted by Gasteiger charge is -2.30. The molecular formula is C33H61NO6. The first-order valence-corrected chi connectivity index (χ1v) is 16.0. The van der Waals surface area contributed by atoms with Gasteiger partial charge in [0.25, 0.3) is 0 Å². The number of ether oxygens (including phenoxy) is 2. The molecular weight excluding hydrogens is 506 g/mol. The van der Waals surface area contributed by atoms with Gasteiger partial charge in [-0.3, -0.25) is 4.79 Å². The molecule has 1 aliphatic carbocycles. The van der Waals surface area contributed by atoms with Gasteiger partial charge in [-0.25, -0.2) is 4.79 Å². The predicted octanol–water partition coefficient (Wildman–Crippen LogP) is 6.38. The third kappa shape index (κ3) is 21.9. The van der Waals surface area contributed by atoms with Gasteiger partial charge in [0.15, 0.2) is 0 Å². The highest BCUT2D eigenvalue weighted by Crippen LogP contribution is 2.30. The number of unbranched alkanes of at least 4 members (excludes halogenated alkanes) is 13. The van der Waals surface area contributed by atoms with Crippen LogP contribution in [0.3, 0.4) is 0 Å². The summed E-state index contributed by atoms with van der Waals surface area (Å²) < 4.78 is 10.8. The third-order valence-corrected chi connectivity index (χ3v) is 7.46. The molecule has 234 valence electrons. The van der Waals surface area contributed by atoms with Crippen LogP contribution in [0.1, 0.15) is 129 Å². The fourth-order valence-electron chi connectivity index (χ4n) is 4.98. The first kappa shape index (κ1) is 38.1. The number of quaternary nitrogens is 1. The minimum atomic E-state index is -1.21. The molecule has 1 fully saturated rings. The molecule has 0 saturated heterocycles. The van der Waals surface area contributed by atoms with Crippen molar-refractivity contribution >= 4 is 17.9 Å². The van der Waals surface area contributed by atoms with Crippen LogP contribution in [-0.2, 0) is 23.9 Å². The lowest BCUT2D eigenvalue weighted by atomic mass is 9.79. The van der Waals surface area contributed by atoms with E-state index in [1.807, 2.05) is 0 Å². The summed E-state index contributed by atoms with van der Waals surface area (Å²) in [6, 6.07) is 0. The number of aliphatic carboxylic acids is 1. The Labute approximate surface area is 245 Å². The minimum absolute atomic E-state index is 0.0693. The molecule has 40 heavy (non-hydrogen) atoms. The van der Waals surface area contributed by atoms with Gasteiger partial charge in [0.2, 0.25) is 0 Å². The molecule has 2 unspecified atom stereocenters. The SMILES string of the molecule is C=C(C)C(=O)OCCOC(=O)C1CCCCC1C(=O)[O-].CCCCCCCCCCCCCCCC[N+](C)(C)C. The zero-order valence-electron chi connectivity index (χ0n) is 26.6. The number of carboxylic acids is 1. The Bertz CT molecular complexity index is 700. The van der Waals surface area contributed by atoms with Crippen molar-refractivity contribution in [2.75, 3.05) is 40.9 Å². The third-order valence-electron chi connectivity index (χ3n) is 7.46. The Morgan fingerprint density at radius 2 is 1.15 bits per heavy atom. The summed E-state index contributed by atoms with van der Waals surface area (Å²) in [5.41, 5.74) is 0.264. The van der Waals surface area contributed by atoms with E-state index < -0.39 is 29.7 Å². The molecule has 1 rings (SSSR count). The van der Waals surface area contributed by atoms with Gasteiger partial charge < -0.3 is 23.9 Å². The van der Waals surface area contributed by atoms with E-state index in [1.54, 1.807) is 0 Å². The van der Waals surface area contributed by atoms with Crippen LogP contribution >= 0.6 is 0 Å². The Morgan fingerprint density at radius 1 is 0.725 bits per heavy atom. The van der Waals surface area contributed by atoms with Crippen LogP contribution < -0.4 is 5.11 Å². The molecule has 1 saturated carbocycles. The number of rotatable bonds is 21. The molecule has 2 atom stereocenters. The predicted molar refractivity (Wildman–Crippen MR) is 160 cm³/mol. The quantitative estimate of drug-likeness (QED) is 0.0692. The van der Waals surface area contributed by atoms with Crippen LogP contribution in [-0.4, -0.2) is 63.3 Å². The topological polar surface area (TPSA) is 92.7 Å². The van der Waals surface area contributed by atoms with Crippen molar-refractivity contribution < 1.29 is 33.4 Å². The molecule has 0 amide bonds. The maximum absolute atomic E-state index is 11.8. The molecule has 0 heterocycles. The molecule has 7 nitrogen and oxygen atoms in total. The lowest BCUT2D eigenvalue weighted by Crippen LogP contribution is -2.41. The number of esters is 2. The Balaban J connectivity index is 0.000000760. The summed E-state index contributed by atoms with van der Waals surface area (Å²) in [5, 5.41) is 11.0. The van der Waals surface area contributed by atoms with E-state index in [-0.39, 0.29) is 18.8 Å². The fourth-order valence-corrected chi connectivity index (χ4v) is 4.98. The van der Waals surface area contributed by atoms with Crippen LogP contribution in [0.15, 0.2) is 12.2 Å². The minimum Gasteiger partial charge on any atom is -0.550 e. The van der Waals surface area contributed by atoms with Gasteiger partial charge in [-0.05, 0) is 32.6 Å². The van der Waals surface area contributed by atoms with Crippen LogP contribution in [0.2, 0.25) is 0 Å². The van der Waals surface area contributed by atoms with Crippen molar-refractivity contribution in [3.8, 4) is 0 Å². The fraction of sp³-hybridized carbons (Fsp3) is 0.848. The maximum atomic E-state index is 11.8. The van der Waals surface area contributed by atoms with E-state index in [0.29, 0.717) is 12.8 Å². The van der Waals surface area contributed by atoms with E-state index in [0.717, 1.165) is 17.3 Å². The van der Waals surface area contributed by atoms with Crippen LogP contribution in [0.25, 0.3) is 0 Å². The average Bonchev–Trinajstić information content (AvgIpc) is 2.90. The van der Waals surface area contributed by atoms with Gasteiger partial charge in [0.05, 0.1) is 33.6 Å². The highest BCUT2D eigenvalue weighted by atomic mass is 16.6. The number of carbonyl (C=O) groups excluding carboxylic acids is 3. The standard InChI is InChI=1S/C19H42N.C14H20O6/c1-5-6-7-8-9-10-11-12-13-14-15-16-17-18-19-20(2,3)4;1-9(2)13(17)19-7-8-20-14(18)11-6-4-3-5-10(11)12(15)16/h5-19H2,1-4H3;10-11H,1,3-8H2,2H3,(H,15,16)/q+1;/p-1. The number of carbonyl (C=O) groups is 3. The summed E-state index contributed by atoms with van der Waals surface area (Å²) in [6.07, 6.45) is 22.9. The summed E-state index contributed by atoms with van der Waals surface area (Å²) >= 11 is 0. The Morgan fingerprint density at radius 3 is 1.57 bits per heavy atom. The van der Waals surface area contributed by atoms with Crippen molar-refractivity contribution in [1.82, 2.24) is 0 Å². The Hall–Kier alpha value is -1.89. The molecule has 0 aromatic rings. The van der Waals surface area contributed by atoms with Crippen LogP contribution in [0, 0.1) is 11.8 Å². The van der Waals surface area contributed by atoms with Crippen LogP contribution in [0.5, 0.6) is 0 Å². The van der Waals surface area contributed by atoms with Crippen molar-refractivity contribution in [2.45, 2.75) is 129 Å². The molecule has 1 aliphatic rings. The molecule has 0 N–H and O–H groups in total. The van der Waals surface area contributed by atoms with E-state index >= 15 is 0 Å². The summed E-state index contributed by atoms with van der Waals surface area (Å²) in [7, 11) is 6.88. The average molecular weight is 568 g/mol. The lowest BCUT2D eigenvalue weighted by molar-refractivity contribution is -0.870. The van der Waals surface area contributed by atoms with Gasteiger partial charge in [0, 0.05) is 17.5 Å². The second-order valence-corrected chi connectivity index (χ2v) is 12.5. The molecule has 0 bridgehead atoms. The molecule has 0 radical (unpaired) electrons. The first-order chi connectivity index (χ1) is 19.0. The number of hydrogen-bond acceptors (Lipinski definition) is 6. The Kier molecular flexibility index (Phi) is 22.7. The molecule has 0 spiro atoms. The van der Waals surface area contributed by atoms with Crippen molar-refractivity contribution in [3.05, 3.63) is 12.2 Å². The number of nitrogens with zero attached hydrogens (tertiary/aromatic N) is 1. The van der Waals surface area contributed by atoms with E-state index in [4.69, 9.17) is 9.47 Å².